The number of nitrogens with zero attached hydrogens (tertiary/aromatic N) is 1. The van der Waals surface area contributed by atoms with Crippen LogP contribution < -0.4 is 0 Å². The standard InChI is InChI=1S/C13H23NO5/c1-13(2,3)19-11(15)9-18-8-10-6-5-7-14(10)12(16)17-4/h10H,5-9H2,1-4H3/t10-/m0/s1. The van der Waals surface area contributed by atoms with Gasteiger partial charge in [-0.15, -0.1) is 0 Å². The quantitative estimate of drug-likeness (QED) is 0.727. The summed E-state index contributed by atoms with van der Waals surface area (Å²) < 4.78 is 15.2. The molecule has 110 valence electrons. The number of hydrogen-bond acceptors (Lipinski definition) is 5. The summed E-state index contributed by atoms with van der Waals surface area (Å²) >= 11 is 0. The van der Waals surface area contributed by atoms with Crippen molar-refractivity contribution in [3.8, 4) is 0 Å². The molecule has 1 aliphatic rings. The van der Waals surface area contributed by atoms with E-state index in [2.05, 4.69) is 0 Å². The average Bonchev–Trinajstić information content (AvgIpc) is 2.74. The van der Waals surface area contributed by atoms with Gasteiger partial charge in [-0.2, -0.15) is 0 Å². The summed E-state index contributed by atoms with van der Waals surface area (Å²) in [7, 11) is 1.36. The van der Waals surface area contributed by atoms with Crippen LogP contribution in [0.25, 0.3) is 0 Å². The van der Waals surface area contributed by atoms with Gasteiger partial charge in [0, 0.05) is 6.54 Å². The second-order valence-corrected chi connectivity index (χ2v) is 5.56. The van der Waals surface area contributed by atoms with Crippen LogP contribution in [0.1, 0.15) is 33.6 Å². The SMILES string of the molecule is COC(=O)N1CCC[C@H]1COCC(=O)OC(C)(C)C. The van der Waals surface area contributed by atoms with E-state index in [4.69, 9.17) is 14.2 Å². The topological polar surface area (TPSA) is 65.1 Å². The number of ether oxygens (including phenoxy) is 3. The summed E-state index contributed by atoms with van der Waals surface area (Å²) in [6, 6.07) is -0.0186. The predicted octanol–water partition coefficient (Wildman–Crippen LogP) is 1.58. The summed E-state index contributed by atoms with van der Waals surface area (Å²) in [5.41, 5.74) is -0.508. The summed E-state index contributed by atoms with van der Waals surface area (Å²) in [4.78, 5) is 24.6. The van der Waals surface area contributed by atoms with Gasteiger partial charge in [-0.1, -0.05) is 0 Å². The molecule has 0 aliphatic carbocycles. The molecule has 1 amide bonds. The van der Waals surface area contributed by atoms with Gasteiger partial charge >= 0.3 is 12.1 Å². The highest BCUT2D eigenvalue weighted by atomic mass is 16.6. The molecule has 1 heterocycles. The fourth-order valence-corrected chi connectivity index (χ4v) is 2.02. The molecule has 1 rings (SSSR count). The molecule has 1 aliphatic heterocycles. The zero-order valence-electron chi connectivity index (χ0n) is 12.1. The van der Waals surface area contributed by atoms with Crippen LogP contribution in [0.5, 0.6) is 0 Å². The monoisotopic (exact) mass is 273 g/mol. The van der Waals surface area contributed by atoms with E-state index in [1.807, 2.05) is 0 Å². The second kappa shape index (κ2) is 6.75. The van der Waals surface area contributed by atoms with Crippen molar-refractivity contribution in [2.24, 2.45) is 0 Å². The summed E-state index contributed by atoms with van der Waals surface area (Å²) in [6.45, 7) is 6.33. The van der Waals surface area contributed by atoms with Crippen LogP contribution in [-0.2, 0) is 19.0 Å². The number of carbonyl (C=O) groups is 2. The maximum absolute atomic E-state index is 11.5. The van der Waals surface area contributed by atoms with Crippen molar-refractivity contribution in [3.63, 3.8) is 0 Å². The normalized spacial score (nSPS) is 19.4. The first-order chi connectivity index (χ1) is 8.83. The van der Waals surface area contributed by atoms with Gasteiger partial charge in [0.15, 0.2) is 0 Å². The molecule has 0 aromatic carbocycles. The van der Waals surface area contributed by atoms with Gasteiger partial charge in [-0.25, -0.2) is 9.59 Å². The molecule has 19 heavy (non-hydrogen) atoms. The van der Waals surface area contributed by atoms with Crippen LogP contribution >= 0.6 is 0 Å². The van der Waals surface area contributed by atoms with E-state index in [0.717, 1.165) is 12.8 Å². The van der Waals surface area contributed by atoms with E-state index >= 15 is 0 Å². The minimum absolute atomic E-state index is 0.0186. The van der Waals surface area contributed by atoms with Crippen molar-refractivity contribution in [2.45, 2.75) is 45.3 Å². The fraction of sp³-hybridized carbons (Fsp3) is 0.846. The summed E-state index contributed by atoms with van der Waals surface area (Å²) in [5.74, 6) is -0.393. The molecular weight excluding hydrogens is 250 g/mol. The van der Waals surface area contributed by atoms with E-state index in [0.29, 0.717) is 13.2 Å². The molecule has 0 unspecified atom stereocenters. The number of amides is 1. The van der Waals surface area contributed by atoms with Crippen LogP contribution in [0.3, 0.4) is 0 Å². The zero-order valence-corrected chi connectivity index (χ0v) is 12.1. The number of esters is 1. The Balaban J connectivity index is 2.29. The largest absolute Gasteiger partial charge is 0.458 e. The molecule has 0 bridgehead atoms. The lowest BCUT2D eigenvalue weighted by Gasteiger charge is -2.23. The molecule has 1 fully saturated rings. The summed E-state index contributed by atoms with van der Waals surface area (Å²) in [5, 5.41) is 0. The van der Waals surface area contributed by atoms with Crippen molar-refractivity contribution >= 4 is 12.1 Å². The Hall–Kier alpha value is -1.30. The Morgan fingerprint density at radius 3 is 2.58 bits per heavy atom. The second-order valence-electron chi connectivity index (χ2n) is 5.56. The lowest BCUT2D eigenvalue weighted by Crippen LogP contribution is -2.38. The maximum atomic E-state index is 11.5. The van der Waals surface area contributed by atoms with Gasteiger partial charge in [0.1, 0.15) is 12.2 Å². The molecule has 0 aromatic heterocycles. The Bertz CT molecular complexity index is 323. The molecule has 6 nitrogen and oxygen atoms in total. The molecule has 1 saturated heterocycles. The smallest absolute Gasteiger partial charge is 0.409 e. The Morgan fingerprint density at radius 2 is 2.00 bits per heavy atom. The van der Waals surface area contributed by atoms with E-state index in [1.54, 1.807) is 25.7 Å². The molecule has 0 saturated carbocycles. The molecule has 6 heteroatoms. The molecule has 1 atom stereocenters. The van der Waals surface area contributed by atoms with Crippen molar-refractivity contribution in [2.75, 3.05) is 26.9 Å². The molecule has 0 radical (unpaired) electrons. The van der Waals surface area contributed by atoms with Crippen LogP contribution in [0.4, 0.5) is 4.79 Å². The Kier molecular flexibility index (Phi) is 5.60. The number of rotatable bonds is 4. The van der Waals surface area contributed by atoms with Crippen LogP contribution in [0.15, 0.2) is 0 Å². The highest BCUT2D eigenvalue weighted by molar-refractivity contribution is 5.71. The van der Waals surface area contributed by atoms with Gasteiger partial charge in [0.25, 0.3) is 0 Å². The third-order valence-corrected chi connectivity index (χ3v) is 2.74. The van der Waals surface area contributed by atoms with Gasteiger partial charge in [-0.3, -0.25) is 0 Å². The highest BCUT2D eigenvalue weighted by Gasteiger charge is 2.29. The minimum atomic E-state index is -0.508. The Labute approximate surface area is 114 Å². The lowest BCUT2D eigenvalue weighted by atomic mass is 10.2. The van der Waals surface area contributed by atoms with E-state index in [-0.39, 0.29) is 18.7 Å². The first-order valence-electron chi connectivity index (χ1n) is 6.47. The number of carbonyl (C=O) groups excluding carboxylic acids is 2. The number of hydrogen-bond donors (Lipinski definition) is 0. The fourth-order valence-electron chi connectivity index (χ4n) is 2.02. The van der Waals surface area contributed by atoms with E-state index in [1.165, 1.54) is 7.11 Å². The summed E-state index contributed by atoms with van der Waals surface area (Å²) in [6.07, 6.45) is 1.45. The third-order valence-electron chi connectivity index (χ3n) is 2.74. The van der Waals surface area contributed by atoms with Gasteiger partial charge < -0.3 is 19.1 Å². The number of methoxy groups -OCH3 is 1. The first kappa shape index (κ1) is 15.8. The molecule has 0 spiro atoms. The van der Waals surface area contributed by atoms with Crippen molar-refractivity contribution in [1.82, 2.24) is 4.90 Å². The average molecular weight is 273 g/mol. The minimum Gasteiger partial charge on any atom is -0.458 e. The van der Waals surface area contributed by atoms with Gasteiger partial charge in [0.2, 0.25) is 0 Å². The first-order valence-corrected chi connectivity index (χ1v) is 6.47. The zero-order chi connectivity index (χ0) is 14.5. The third kappa shape index (κ3) is 5.46. The number of likely N-dealkylation sites (tertiary alicyclic amines) is 1. The van der Waals surface area contributed by atoms with Crippen molar-refractivity contribution in [1.29, 1.82) is 0 Å². The van der Waals surface area contributed by atoms with Gasteiger partial charge in [0.05, 0.1) is 19.8 Å². The van der Waals surface area contributed by atoms with Gasteiger partial charge in [-0.05, 0) is 33.6 Å². The van der Waals surface area contributed by atoms with Crippen molar-refractivity contribution in [3.05, 3.63) is 0 Å². The molecule has 0 N–H and O–H groups in total. The molecule has 0 aromatic rings. The maximum Gasteiger partial charge on any atom is 0.409 e. The Morgan fingerprint density at radius 1 is 1.32 bits per heavy atom. The lowest BCUT2D eigenvalue weighted by molar-refractivity contribution is -0.160. The molecular formula is C13H23NO5. The van der Waals surface area contributed by atoms with E-state index in [9.17, 15) is 9.59 Å². The van der Waals surface area contributed by atoms with Crippen LogP contribution in [0, 0.1) is 0 Å². The van der Waals surface area contributed by atoms with Crippen LogP contribution in [-0.4, -0.2) is 55.5 Å². The predicted molar refractivity (Wildman–Crippen MR) is 68.8 cm³/mol. The highest BCUT2D eigenvalue weighted by Crippen LogP contribution is 2.18. The van der Waals surface area contributed by atoms with Crippen molar-refractivity contribution < 1.29 is 23.8 Å². The van der Waals surface area contributed by atoms with Crippen LogP contribution in [0.2, 0.25) is 0 Å². The van der Waals surface area contributed by atoms with E-state index < -0.39 is 11.6 Å².